The van der Waals surface area contributed by atoms with Crippen LogP contribution in [0.25, 0.3) is 10.9 Å². The topological polar surface area (TPSA) is 76.4 Å². The minimum absolute atomic E-state index is 0.0293. The first kappa shape index (κ1) is 19.0. The molecule has 0 bridgehead atoms. The molecule has 0 radical (unpaired) electrons. The van der Waals surface area contributed by atoms with Crippen LogP contribution in [0.4, 0.5) is 13.2 Å². The molecule has 0 saturated carbocycles. The van der Waals surface area contributed by atoms with Gasteiger partial charge in [0.1, 0.15) is 5.69 Å². The van der Waals surface area contributed by atoms with Gasteiger partial charge in [-0.2, -0.15) is 13.2 Å². The van der Waals surface area contributed by atoms with Crippen molar-refractivity contribution >= 4 is 26.7 Å². The Balaban J connectivity index is 2.07. The molecule has 3 rings (SSSR count). The van der Waals surface area contributed by atoms with Crippen molar-refractivity contribution in [3.05, 3.63) is 65.4 Å². The maximum atomic E-state index is 12.7. The second kappa shape index (κ2) is 6.41. The van der Waals surface area contributed by atoms with Gasteiger partial charge in [0.05, 0.1) is 10.5 Å². The molecule has 0 atom stereocenters. The van der Waals surface area contributed by atoms with Crippen molar-refractivity contribution in [2.24, 2.45) is 0 Å². The van der Waals surface area contributed by atoms with E-state index in [2.05, 4.69) is 0 Å². The Kier molecular flexibility index (Phi) is 4.51. The van der Waals surface area contributed by atoms with Crippen LogP contribution in [-0.2, 0) is 22.6 Å². The van der Waals surface area contributed by atoms with Crippen LogP contribution in [-0.4, -0.2) is 30.3 Å². The van der Waals surface area contributed by atoms with Crippen molar-refractivity contribution in [2.45, 2.75) is 17.6 Å². The number of fused-ring (bicyclic) bond motifs is 1. The number of hydrogen-bond donors (Lipinski definition) is 1. The van der Waals surface area contributed by atoms with Gasteiger partial charge < -0.3 is 9.67 Å². The Hall–Kier alpha value is -2.81. The van der Waals surface area contributed by atoms with E-state index in [9.17, 15) is 31.5 Å². The molecule has 3 aromatic rings. The smallest absolute Gasteiger partial charge is 0.416 e. The third-order valence-electron chi connectivity index (χ3n) is 4.14. The number of aromatic carboxylic acids is 1. The lowest BCUT2D eigenvalue weighted by Gasteiger charge is -2.11. The molecule has 27 heavy (non-hydrogen) atoms. The van der Waals surface area contributed by atoms with E-state index in [0.717, 1.165) is 18.4 Å². The average Bonchev–Trinajstić information content (AvgIpc) is 2.92. The second-order valence-corrected chi connectivity index (χ2v) is 8.12. The number of nitrogens with zero attached hydrogens (tertiary/aromatic N) is 1. The van der Waals surface area contributed by atoms with Crippen LogP contribution in [0.1, 0.15) is 21.6 Å². The second-order valence-electron chi connectivity index (χ2n) is 6.11. The molecule has 0 amide bonds. The zero-order valence-electron chi connectivity index (χ0n) is 14.0. The summed E-state index contributed by atoms with van der Waals surface area (Å²) in [5, 5.41) is 9.86. The molecular weight excluding hydrogens is 383 g/mol. The number of sulfone groups is 1. The highest BCUT2D eigenvalue weighted by Gasteiger charge is 2.30. The first-order chi connectivity index (χ1) is 12.5. The van der Waals surface area contributed by atoms with Gasteiger partial charge in [-0.05, 0) is 42.0 Å². The van der Waals surface area contributed by atoms with Gasteiger partial charge in [-0.1, -0.05) is 12.1 Å². The van der Waals surface area contributed by atoms with E-state index >= 15 is 0 Å². The van der Waals surface area contributed by atoms with Gasteiger partial charge in [0.2, 0.25) is 0 Å². The van der Waals surface area contributed by atoms with Gasteiger partial charge in [0.15, 0.2) is 9.84 Å². The molecule has 0 aliphatic rings. The molecule has 9 heteroatoms. The number of carboxylic acid groups (broad SMARTS) is 1. The molecule has 2 aromatic carbocycles. The minimum Gasteiger partial charge on any atom is -0.477 e. The Morgan fingerprint density at radius 3 is 2.22 bits per heavy atom. The standard InChI is InChI=1S/C18H14F3NO4S/c1-27(25,26)14-6-7-15-12(8-14)9-16(17(23)24)22(15)10-11-2-4-13(5-3-11)18(19,20)21/h2-9H,10H2,1H3,(H,23,24). The number of carbonyl (C=O) groups is 1. The van der Waals surface area contributed by atoms with Crippen molar-refractivity contribution < 1.29 is 31.5 Å². The van der Waals surface area contributed by atoms with E-state index in [0.29, 0.717) is 16.5 Å². The van der Waals surface area contributed by atoms with Crippen LogP contribution in [0, 0.1) is 0 Å². The largest absolute Gasteiger partial charge is 0.477 e. The predicted molar refractivity (Wildman–Crippen MR) is 92.6 cm³/mol. The van der Waals surface area contributed by atoms with Crippen molar-refractivity contribution in [1.82, 2.24) is 4.57 Å². The summed E-state index contributed by atoms with van der Waals surface area (Å²) in [6.45, 7) is 0.0293. The van der Waals surface area contributed by atoms with E-state index in [4.69, 9.17) is 0 Å². The Morgan fingerprint density at radius 1 is 1.07 bits per heavy atom. The highest BCUT2D eigenvalue weighted by Crippen LogP contribution is 2.30. The quantitative estimate of drug-likeness (QED) is 0.726. The fraction of sp³-hybridized carbons (Fsp3) is 0.167. The summed E-state index contributed by atoms with van der Waals surface area (Å²) in [7, 11) is -3.46. The van der Waals surface area contributed by atoms with Crippen LogP contribution in [0.3, 0.4) is 0 Å². The maximum absolute atomic E-state index is 12.7. The van der Waals surface area contributed by atoms with Crippen LogP contribution < -0.4 is 0 Å². The number of aromatic nitrogens is 1. The number of halogens is 3. The minimum atomic E-state index is -4.45. The van der Waals surface area contributed by atoms with Crippen LogP contribution in [0.2, 0.25) is 0 Å². The summed E-state index contributed by atoms with van der Waals surface area (Å²) < 4.78 is 62.8. The third kappa shape index (κ3) is 3.82. The molecule has 1 aromatic heterocycles. The highest BCUT2D eigenvalue weighted by molar-refractivity contribution is 7.90. The molecule has 0 unspecified atom stereocenters. The zero-order chi connectivity index (χ0) is 20.0. The molecule has 0 saturated heterocycles. The summed E-state index contributed by atoms with van der Waals surface area (Å²) in [6, 6.07) is 10.0. The van der Waals surface area contributed by atoms with Gasteiger partial charge in [-0.3, -0.25) is 0 Å². The molecular formula is C18H14F3NO4S. The Labute approximate surface area is 152 Å². The maximum Gasteiger partial charge on any atom is 0.416 e. The van der Waals surface area contributed by atoms with Crippen LogP contribution >= 0.6 is 0 Å². The molecule has 1 N–H and O–H groups in total. The Bertz CT molecular complexity index is 1130. The molecule has 1 heterocycles. The lowest BCUT2D eigenvalue weighted by Crippen LogP contribution is -2.10. The summed E-state index contributed by atoms with van der Waals surface area (Å²) in [5.74, 6) is -1.22. The summed E-state index contributed by atoms with van der Waals surface area (Å²) in [6.07, 6.45) is -3.40. The van der Waals surface area contributed by atoms with E-state index < -0.39 is 27.5 Å². The van der Waals surface area contributed by atoms with Crippen molar-refractivity contribution in [1.29, 1.82) is 0 Å². The molecule has 142 valence electrons. The molecule has 0 spiro atoms. The lowest BCUT2D eigenvalue weighted by molar-refractivity contribution is -0.137. The van der Waals surface area contributed by atoms with Gasteiger partial charge in [-0.25, -0.2) is 13.2 Å². The number of hydrogen-bond acceptors (Lipinski definition) is 3. The fourth-order valence-corrected chi connectivity index (χ4v) is 3.47. The number of carboxylic acids is 1. The van der Waals surface area contributed by atoms with Crippen molar-refractivity contribution in [3.63, 3.8) is 0 Å². The summed E-state index contributed by atoms with van der Waals surface area (Å²) in [5.41, 5.74) is 0.0744. The van der Waals surface area contributed by atoms with Gasteiger partial charge in [-0.15, -0.1) is 0 Å². The van der Waals surface area contributed by atoms with E-state index in [-0.39, 0.29) is 17.1 Å². The highest BCUT2D eigenvalue weighted by atomic mass is 32.2. The third-order valence-corrected chi connectivity index (χ3v) is 5.25. The first-order valence-corrected chi connectivity index (χ1v) is 9.59. The predicted octanol–water partition coefficient (Wildman–Crippen LogP) is 3.81. The average molecular weight is 397 g/mol. The van der Waals surface area contributed by atoms with Crippen molar-refractivity contribution in [3.8, 4) is 0 Å². The molecule has 5 nitrogen and oxygen atoms in total. The van der Waals surface area contributed by atoms with Gasteiger partial charge in [0.25, 0.3) is 0 Å². The summed E-state index contributed by atoms with van der Waals surface area (Å²) in [4.78, 5) is 11.6. The normalized spacial score (nSPS) is 12.4. The lowest BCUT2D eigenvalue weighted by atomic mass is 10.1. The van der Waals surface area contributed by atoms with Gasteiger partial charge in [0, 0.05) is 23.7 Å². The molecule has 0 aliphatic carbocycles. The summed E-state index contributed by atoms with van der Waals surface area (Å²) >= 11 is 0. The van der Waals surface area contributed by atoms with Crippen LogP contribution in [0.15, 0.2) is 53.4 Å². The van der Waals surface area contributed by atoms with Gasteiger partial charge >= 0.3 is 12.1 Å². The van der Waals surface area contributed by atoms with E-state index in [1.165, 1.54) is 41.0 Å². The molecule has 0 fully saturated rings. The number of benzene rings is 2. The SMILES string of the molecule is CS(=O)(=O)c1ccc2c(c1)cc(C(=O)O)n2Cc1ccc(C(F)(F)F)cc1. The zero-order valence-corrected chi connectivity index (χ0v) is 14.8. The fourth-order valence-electron chi connectivity index (χ4n) is 2.81. The first-order valence-electron chi connectivity index (χ1n) is 7.69. The van der Waals surface area contributed by atoms with E-state index in [1.807, 2.05) is 0 Å². The van der Waals surface area contributed by atoms with Crippen molar-refractivity contribution in [2.75, 3.05) is 6.26 Å². The number of alkyl halides is 3. The molecule has 0 aliphatic heterocycles. The monoisotopic (exact) mass is 397 g/mol. The number of rotatable bonds is 4. The van der Waals surface area contributed by atoms with E-state index in [1.54, 1.807) is 0 Å². The van der Waals surface area contributed by atoms with Crippen LogP contribution in [0.5, 0.6) is 0 Å². The Morgan fingerprint density at radius 2 is 1.70 bits per heavy atom.